The Bertz CT molecular complexity index is 1310. The van der Waals surface area contributed by atoms with Crippen molar-refractivity contribution in [3.63, 3.8) is 0 Å². The molecule has 152 valence electrons. The van der Waals surface area contributed by atoms with Gasteiger partial charge in [-0.05, 0) is 47.1 Å². The average molecular weight is 433 g/mol. The van der Waals surface area contributed by atoms with E-state index in [1.54, 1.807) is 33.7 Å². The zero-order valence-electron chi connectivity index (χ0n) is 17.1. The molecule has 4 aromatic rings. The van der Waals surface area contributed by atoms with Crippen LogP contribution in [0.5, 0.6) is 0 Å². The summed E-state index contributed by atoms with van der Waals surface area (Å²) < 4.78 is 1.80. The number of hydrogen-bond donors (Lipinski definition) is 0. The molecule has 1 aliphatic rings. The largest absolute Gasteiger partial charge is 0.283 e. The number of fused-ring (bicyclic) bond motifs is 4. The quantitative estimate of drug-likeness (QED) is 0.213. The van der Waals surface area contributed by atoms with Gasteiger partial charge in [0.25, 0.3) is 5.56 Å². The van der Waals surface area contributed by atoms with Gasteiger partial charge in [0.05, 0.1) is 5.39 Å². The van der Waals surface area contributed by atoms with Gasteiger partial charge in [-0.15, -0.1) is 17.9 Å². The van der Waals surface area contributed by atoms with Crippen molar-refractivity contribution in [3.8, 4) is 0 Å². The first-order valence-corrected chi connectivity index (χ1v) is 12.2. The molecule has 3 nitrogen and oxygen atoms in total. The number of rotatable bonds is 5. The summed E-state index contributed by atoms with van der Waals surface area (Å²) in [6.07, 6.45) is 4.99. The van der Waals surface area contributed by atoms with Crippen LogP contribution in [0.1, 0.15) is 29.3 Å². The van der Waals surface area contributed by atoms with Crippen molar-refractivity contribution in [2.45, 2.75) is 43.6 Å². The topological polar surface area (TPSA) is 34.9 Å². The van der Waals surface area contributed by atoms with Crippen LogP contribution in [0.4, 0.5) is 0 Å². The van der Waals surface area contributed by atoms with Gasteiger partial charge in [0.2, 0.25) is 0 Å². The Kier molecular flexibility index (Phi) is 5.25. The molecule has 1 atom stereocenters. The number of hydrogen-bond acceptors (Lipinski definition) is 4. The van der Waals surface area contributed by atoms with Gasteiger partial charge in [-0.1, -0.05) is 67.2 Å². The van der Waals surface area contributed by atoms with Gasteiger partial charge < -0.3 is 0 Å². The Morgan fingerprint density at radius 3 is 2.97 bits per heavy atom. The summed E-state index contributed by atoms with van der Waals surface area (Å²) in [6, 6.07) is 14.8. The first-order valence-electron chi connectivity index (χ1n) is 10.4. The molecule has 30 heavy (non-hydrogen) atoms. The van der Waals surface area contributed by atoms with Gasteiger partial charge in [0, 0.05) is 17.2 Å². The van der Waals surface area contributed by atoms with E-state index in [0.29, 0.717) is 12.5 Å². The zero-order chi connectivity index (χ0) is 20.7. The minimum Gasteiger partial charge on any atom is -0.283 e. The van der Waals surface area contributed by atoms with Crippen LogP contribution in [0.3, 0.4) is 0 Å². The summed E-state index contributed by atoms with van der Waals surface area (Å²) in [7, 11) is 0. The highest BCUT2D eigenvalue weighted by Gasteiger charge is 2.24. The Labute approximate surface area is 184 Å². The summed E-state index contributed by atoms with van der Waals surface area (Å²) in [4.78, 5) is 20.7. The summed E-state index contributed by atoms with van der Waals surface area (Å²) in [5.74, 6) is 1.46. The molecule has 0 bridgehead atoms. The fraction of sp³-hybridized carbons (Fsp3) is 0.280. The van der Waals surface area contributed by atoms with Gasteiger partial charge in [0.1, 0.15) is 4.83 Å². The minimum absolute atomic E-state index is 0.0902. The predicted molar refractivity (Wildman–Crippen MR) is 129 cm³/mol. The molecule has 2 heterocycles. The van der Waals surface area contributed by atoms with Crippen molar-refractivity contribution >= 4 is 44.1 Å². The molecule has 0 aliphatic heterocycles. The number of benzene rings is 2. The lowest BCUT2D eigenvalue weighted by Gasteiger charge is -2.17. The fourth-order valence-electron chi connectivity index (χ4n) is 4.37. The highest BCUT2D eigenvalue weighted by Crippen LogP contribution is 2.37. The van der Waals surface area contributed by atoms with Crippen LogP contribution in [-0.4, -0.2) is 9.55 Å². The second-order valence-corrected chi connectivity index (χ2v) is 10.1. The van der Waals surface area contributed by atoms with E-state index < -0.39 is 0 Å². The van der Waals surface area contributed by atoms with Crippen LogP contribution < -0.4 is 5.56 Å². The van der Waals surface area contributed by atoms with Crippen LogP contribution in [0.25, 0.3) is 21.0 Å². The third-order valence-electron chi connectivity index (χ3n) is 5.93. The van der Waals surface area contributed by atoms with E-state index in [-0.39, 0.29) is 5.56 Å². The molecule has 0 N–H and O–H groups in total. The maximum absolute atomic E-state index is 13.4. The second kappa shape index (κ2) is 8.05. The lowest BCUT2D eigenvalue weighted by Crippen LogP contribution is -2.23. The second-order valence-electron chi connectivity index (χ2n) is 8.06. The number of thiophene rings is 1. The van der Waals surface area contributed by atoms with E-state index in [2.05, 4.69) is 56.0 Å². The molecule has 5 rings (SSSR count). The lowest BCUT2D eigenvalue weighted by atomic mass is 9.89. The van der Waals surface area contributed by atoms with Crippen LogP contribution in [0, 0.1) is 5.92 Å². The van der Waals surface area contributed by atoms with Gasteiger partial charge in [-0.2, -0.15) is 0 Å². The Morgan fingerprint density at radius 2 is 2.10 bits per heavy atom. The highest BCUT2D eigenvalue weighted by molar-refractivity contribution is 7.98. The molecule has 0 saturated carbocycles. The van der Waals surface area contributed by atoms with E-state index in [0.717, 1.165) is 40.4 Å². The number of thioether (sulfide) groups is 1. The fourth-order valence-corrected chi connectivity index (χ4v) is 6.80. The van der Waals surface area contributed by atoms with Gasteiger partial charge >= 0.3 is 0 Å². The molecular formula is C25H24N2OS2. The number of aryl methyl sites for hydroxylation is 1. The summed E-state index contributed by atoms with van der Waals surface area (Å²) in [6.45, 7) is 6.65. The summed E-state index contributed by atoms with van der Waals surface area (Å²) >= 11 is 3.36. The first-order chi connectivity index (χ1) is 14.7. The number of aromatic nitrogens is 2. The van der Waals surface area contributed by atoms with Crippen molar-refractivity contribution in [2.24, 2.45) is 5.92 Å². The van der Waals surface area contributed by atoms with E-state index in [1.807, 2.05) is 0 Å². The van der Waals surface area contributed by atoms with Crippen molar-refractivity contribution in [1.29, 1.82) is 0 Å². The van der Waals surface area contributed by atoms with Gasteiger partial charge in [-0.3, -0.25) is 9.36 Å². The van der Waals surface area contributed by atoms with E-state index in [4.69, 9.17) is 4.98 Å². The summed E-state index contributed by atoms with van der Waals surface area (Å²) in [5.41, 5.74) is 2.60. The van der Waals surface area contributed by atoms with Gasteiger partial charge in [-0.25, -0.2) is 4.98 Å². The Morgan fingerprint density at radius 1 is 1.27 bits per heavy atom. The predicted octanol–water partition coefficient (Wildman–Crippen LogP) is 6.21. The van der Waals surface area contributed by atoms with E-state index >= 15 is 0 Å². The monoisotopic (exact) mass is 432 g/mol. The standard InChI is InChI=1S/C25H24N2OS2/c1-3-13-27-24(28)22-20-12-11-16(2)14-21(20)30-23(22)26-25(27)29-15-18-9-6-8-17-7-4-5-10-19(17)18/h3-10,16H,1,11-15H2,2H3. The SMILES string of the molecule is C=CCn1c(SCc2cccc3ccccc23)nc2sc3c(c2c1=O)CCC(C)C3. The molecule has 0 radical (unpaired) electrons. The Balaban J connectivity index is 1.57. The molecule has 2 aromatic carbocycles. The highest BCUT2D eigenvalue weighted by atomic mass is 32.2. The van der Waals surface area contributed by atoms with Crippen LogP contribution >= 0.6 is 23.1 Å². The lowest BCUT2D eigenvalue weighted by molar-refractivity contribution is 0.509. The number of allylic oxidation sites excluding steroid dienone is 1. The number of nitrogens with zero attached hydrogens (tertiary/aromatic N) is 2. The van der Waals surface area contributed by atoms with E-state index in [9.17, 15) is 4.79 Å². The minimum atomic E-state index is 0.0902. The smallest absolute Gasteiger partial charge is 0.263 e. The van der Waals surface area contributed by atoms with Crippen molar-refractivity contribution < 1.29 is 0 Å². The van der Waals surface area contributed by atoms with Crippen LogP contribution in [0.2, 0.25) is 0 Å². The van der Waals surface area contributed by atoms with Crippen LogP contribution in [0.15, 0.2) is 65.1 Å². The average Bonchev–Trinajstić information content (AvgIpc) is 3.12. The molecule has 0 spiro atoms. The Hall–Kier alpha value is -2.37. The molecule has 1 aliphatic carbocycles. The normalized spacial score (nSPS) is 16.1. The molecule has 5 heteroatoms. The third-order valence-corrected chi connectivity index (χ3v) is 8.10. The van der Waals surface area contributed by atoms with Gasteiger partial charge in [0.15, 0.2) is 5.16 Å². The molecular weight excluding hydrogens is 408 g/mol. The maximum Gasteiger partial charge on any atom is 0.263 e. The first kappa shape index (κ1) is 19.6. The zero-order valence-corrected chi connectivity index (χ0v) is 18.7. The molecule has 0 saturated heterocycles. The molecule has 0 amide bonds. The van der Waals surface area contributed by atoms with Crippen molar-refractivity contribution in [2.75, 3.05) is 0 Å². The molecule has 0 fully saturated rings. The van der Waals surface area contributed by atoms with E-state index in [1.165, 1.54) is 26.8 Å². The molecule has 2 aromatic heterocycles. The maximum atomic E-state index is 13.4. The van der Waals surface area contributed by atoms with Crippen molar-refractivity contribution in [3.05, 3.63) is 81.5 Å². The van der Waals surface area contributed by atoms with Crippen LogP contribution in [-0.2, 0) is 25.1 Å². The summed E-state index contributed by atoms with van der Waals surface area (Å²) in [5, 5.41) is 4.12. The molecule has 1 unspecified atom stereocenters. The third kappa shape index (κ3) is 3.40. The van der Waals surface area contributed by atoms with Crippen molar-refractivity contribution in [1.82, 2.24) is 9.55 Å².